The van der Waals surface area contributed by atoms with Gasteiger partial charge in [0.15, 0.2) is 0 Å². The topological polar surface area (TPSA) is 70.8 Å². The summed E-state index contributed by atoms with van der Waals surface area (Å²) in [6.07, 6.45) is 6.48. The number of imidazole rings is 1. The Hall–Kier alpha value is -2.38. The Labute approximate surface area is 165 Å². The average molecular weight is 384 g/mol. The second-order valence-electron chi connectivity index (χ2n) is 8.17. The van der Waals surface area contributed by atoms with Crippen LogP contribution in [0.15, 0.2) is 43.0 Å². The van der Waals surface area contributed by atoms with Gasteiger partial charge >= 0.3 is 5.97 Å². The van der Waals surface area contributed by atoms with Gasteiger partial charge in [-0.15, -0.1) is 0 Å². The van der Waals surface area contributed by atoms with Gasteiger partial charge in [0.1, 0.15) is 5.75 Å². The first-order valence-corrected chi connectivity index (χ1v) is 9.87. The number of aryl methyl sites for hydroxylation is 1. The Kier molecular flexibility index (Phi) is 5.37. The molecule has 1 aromatic heterocycles. The molecule has 0 radical (unpaired) electrons. The summed E-state index contributed by atoms with van der Waals surface area (Å²) in [5.41, 5.74) is 0.590. The van der Waals surface area contributed by atoms with Gasteiger partial charge in [0.2, 0.25) is 0 Å². The lowest BCUT2D eigenvalue weighted by Gasteiger charge is -2.24. The molecule has 150 valence electrons. The summed E-state index contributed by atoms with van der Waals surface area (Å²) in [6.45, 7) is 5.35. The summed E-state index contributed by atoms with van der Waals surface area (Å²) in [4.78, 5) is 20.4. The first kappa shape index (κ1) is 19.0. The van der Waals surface area contributed by atoms with E-state index < -0.39 is 11.4 Å². The summed E-state index contributed by atoms with van der Waals surface area (Å²) >= 11 is 0. The Bertz CT molecular complexity index is 792. The number of aliphatic carboxylic acids is 1. The molecule has 1 N–H and O–H groups in total. The molecule has 2 aromatic rings. The van der Waals surface area contributed by atoms with Gasteiger partial charge in [-0.05, 0) is 31.2 Å². The van der Waals surface area contributed by atoms with E-state index in [0.29, 0.717) is 19.7 Å². The number of carboxylic acid groups (broad SMARTS) is 1. The van der Waals surface area contributed by atoms with E-state index in [1.165, 1.54) is 5.56 Å². The van der Waals surface area contributed by atoms with Gasteiger partial charge in [-0.1, -0.05) is 12.1 Å². The van der Waals surface area contributed by atoms with Crippen molar-refractivity contribution in [3.8, 4) is 5.75 Å². The van der Waals surface area contributed by atoms with Gasteiger partial charge in [0.05, 0.1) is 18.3 Å². The third-order valence-corrected chi connectivity index (χ3v) is 5.99. The minimum absolute atomic E-state index is 0.216. The smallest absolute Gasteiger partial charge is 0.312 e. The van der Waals surface area contributed by atoms with Gasteiger partial charge in [0.25, 0.3) is 0 Å². The lowest BCUT2D eigenvalue weighted by atomic mass is 9.81. The number of hydrogen-bond donors (Lipinski definition) is 1. The van der Waals surface area contributed by atoms with Crippen LogP contribution in [0.25, 0.3) is 0 Å². The zero-order valence-electron chi connectivity index (χ0n) is 16.3. The van der Waals surface area contributed by atoms with Crippen LogP contribution in [-0.4, -0.2) is 70.3 Å². The lowest BCUT2D eigenvalue weighted by Crippen LogP contribution is -2.40. The van der Waals surface area contributed by atoms with Crippen molar-refractivity contribution in [1.82, 2.24) is 19.4 Å². The molecule has 2 aliphatic rings. The minimum atomic E-state index is -0.649. The highest BCUT2D eigenvalue weighted by Crippen LogP contribution is 2.42. The molecule has 0 spiro atoms. The fourth-order valence-electron chi connectivity index (χ4n) is 4.65. The molecule has 3 heterocycles. The van der Waals surface area contributed by atoms with Crippen molar-refractivity contribution in [2.45, 2.75) is 19.5 Å². The molecule has 0 aliphatic carbocycles. The van der Waals surface area contributed by atoms with Crippen LogP contribution in [0.3, 0.4) is 0 Å². The fourth-order valence-corrected chi connectivity index (χ4v) is 4.65. The number of aromatic nitrogens is 2. The van der Waals surface area contributed by atoms with Crippen molar-refractivity contribution >= 4 is 5.97 Å². The summed E-state index contributed by atoms with van der Waals surface area (Å²) in [5.74, 6) is 0.438. The maximum absolute atomic E-state index is 11.9. The highest BCUT2D eigenvalue weighted by atomic mass is 16.5. The van der Waals surface area contributed by atoms with Crippen LogP contribution >= 0.6 is 0 Å². The molecule has 1 aromatic carbocycles. The van der Waals surface area contributed by atoms with E-state index in [0.717, 1.165) is 38.3 Å². The Morgan fingerprint density at radius 3 is 2.79 bits per heavy atom. The molecular formula is C21H28N4O3. The predicted octanol–water partition coefficient (Wildman–Crippen LogP) is 1.80. The van der Waals surface area contributed by atoms with Crippen molar-refractivity contribution in [2.75, 3.05) is 39.8 Å². The van der Waals surface area contributed by atoms with Gasteiger partial charge in [-0.25, -0.2) is 4.98 Å². The van der Waals surface area contributed by atoms with Crippen molar-refractivity contribution in [3.05, 3.63) is 48.5 Å². The van der Waals surface area contributed by atoms with Crippen molar-refractivity contribution in [2.24, 2.45) is 11.3 Å². The first-order chi connectivity index (χ1) is 13.5. The molecule has 0 bridgehead atoms. The minimum Gasteiger partial charge on any atom is -0.494 e. The van der Waals surface area contributed by atoms with Crippen LogP contribution in [0.4, 0.5) is 0 Å². The second kappa shape index (κ2) is 7.93. The maximum atomic E-state index is 11.9. The molecule has 7 heteroatoms. The lowest BCUT2D eigenvalue weighted by molar-refractivity contribution is -0.148. The number of nitrogens with zero attached hydrogens (tertiary/aromatic N) is 4. The first-order valence-electron chi connectivity index (χ1n) is 9.87. The quantitative estimate of drug-likeness (QED) is 0.700. The van der Waals surface area contributed by atoms with Crippen molar-refractivity contribution in [1.29, 1.82) is 0 Å². The molecule has 0 saturated carbocycles. The number of benzene rings is 1. The highest BCUT2D eigenvalue weighted by Gasteiger charge is 2.56. The van der Waals surface area contributed by atoms with Gasteiger partial charge < -0.3 is 19.3 Å². The van der Waals surface area contributed by atoms with Crippen LogP contribution < -0.4 is 4.74 Å². The molecule has 2 aliphatic heterocycles. The van der Waals surface area contributed by atoms with E-state index in [2.05, 4.69) is 26.9 Å². The van der Waals surface area contributed by atoms with E-state index in [9.17, 15) is 9.90 Å². The number of likely N-dealkylation sites (tertiary alicyclic amines) is 2. The zero-order chi connectivity index (χ0) is 19.6. The third kappa shape index (κ3) is 3.91. The maximum Gasteiger partial charge on any atom is 0.312 e. The summed E-state index contributed by atoms with van der Waals surface area (Å²) in [7, 11) is 2.02. The van der Waals surface area contributed by atoms with E-state index >= 15 is 0 Å². The van der Waals surface area contributed by atoms with Gasteiger partial charge in [-0.2, -0.15) is 0 Å². The van der Waals surface area contributed by atoms with E-state index in [4.69, 9.17) is 4.74 Å². The third-order valence-electron chi connectivity index (χ3n) is 5.99. The van der Waals surface area contributed by atoms with Crippen LogP contribution in [0.2, 0.25) is 0 Å². The molecule has 0 unspecified atom stereocenters. The fraction of sp³-hybridized carbons (Fsp3) is 0.524. The van der Waals surface area contributed by atoms with Gasteiger partial charge in [0, 0.05) is 57.6 Å². The van der Waals surface area contributed by atoms with Crippen LogP contribution in [-0.2, 0) is 17.9 Å². The van der Waals surface area contributed by atoms with Crippen LogP contribution in [0, 0.1) is 11.3 Å². The number of carbonyl (C=O) groups is 1. The molecular weight excluding hydrogens is 356 g/mol. The molecule has 2 fully saturated rings. The van der Waals surface area contributed by atoms with E-state index in [1.807, 2.05) is 36.3 Å². The molecule has 2 saturated heterocycles. The summed E-state index contributed by atoms with van der Waals surface area (Å²) < 4.78 is 7.86. The predicted molar refractivity (Wildman–Crippen MR) is 105 cm³/mol. The van der Waals surface area contributed by atoms with Gasteiger partial charge in [-0.3, -0.25) is 9.69 Å². The Morgan fingerprint density at radius 1 is 1.29 bits per heavy atom. The standard InChI is InChI=1S/C21H28N4O3/c1-23-12-18-13-25(15-21(18,14-23)20(26)27)11-17-3-5-19(6-4-17)28-10-2-8-24-9-7-22-16-24/h3-7,9,16,18H,2,8,10-15H2,1H3,(H,26,27)/t18-,21-/m0/s1. The Balaban J connectivity index is 1.26. The molecule has 4 rings (SSSR count). The molecule has 2 atom stereocenters. The average Bonchev–Trinajstić information content (AvgIpc) is 3.35. The summed E-state index contributed by atoms with van der Waals surface area (Å²) in [5, 5.41) is 9.80. The zero-order valence-corrected chi connectivity index (χ0v) is 16.3. The molecule has 0 amide bonds. The number of rotatable bonds is 8. The van der Waals surface area contributed by atoms with Crippen LogP contribution in [0.5, 0.6) is 5.75 Å². The van der Waals surface area contributed by atoms with Crippen LogP contribution in [0.1, 0.15) is 12.0 Å². The second-order valence-corrected chi connectivity index (χ2v) is 8.17. The Morgan fingerprint density at radius 2 is 2.11 bits per heavy atom. The number of hydrogen-bond acceptors (Lipinski definition) is 5. The largest absolute Gasteiger partial charge is 0.494 e. The molecule has 7 nitrogen and oxygen atoms in total. The highest BCUT2D eigenvalue weighted by molar-refractivity contribution is 5.77. The molecule has 28 heavy (non-hydrogen) atoms. The van der Waals surface area contributed by atoms with E-state index in [-0.39, 0.29) is 5.92 Å². The number of carboxylic acids is 1. The summed E-state index contributed by atoms with van der Waals surface area (Å²) in [6, 6.07) is 8.17. The number of ether oxygens (including phenoxy) is 1. The van der Waals surface area contributed by atoms with Crippen molar-refractivity contribution in [3.63, 3.8) is 0 Å². The number of fused-ring (bicyclic) bond motifs is 1. The SMILES string of the molecule is CN1C[C@H]2CN(Cc3ccc(OCCCn4ccnc4)cc3)C[C@@]2(C(=O)O)C1. The monoisotopic (exact) mass is 384 g/mol. The van der Waals surface area contributed by atoms with Crippen molar-refractivity contribution < 1.29 is 14.6 Å². The normalized spacial score (nSPS) is 25.1. The van der Waals surface area contributed by atoms with E-state index in [1.54, 1.807) is 6.20 Å².